The van der Waals surface area contributed by atoms with Crippen molar-refractivity contribution in [3.8, 4) is 5.75 Å². The van der Waals surface area contributed by atoms with Crippen LogP contribution in [-0.2, 0) is 9.59 Å². The number of nitrogens with zero attached hydrogens (tertiary/aromatic N) is 1. The van der Waals surface area contributed by atoms with Crippen LogP contribution < -0.4 is 0 Å². The molecule has 2 aliphatic carbocycles. The van der Waals surface area contributed by atoms with Crippen LogP contribution in [0.5, 0.6) is 5.75 Å². The number of allylic oxidation sites excluding steroid dienone is 2. The Kier molecular flexibility index (Phi) is 9.30. The molecule has 1 saturated heterocycles. The van der Waals surface area contributed by atoms with E-state index in [0.717, 1.165) is 72.4 Å². The molecule has 0 bridgehead atoms. The van der Waals surface area contributed by atoms with Gasteiger partial charge in [0, 0.05) is 17.3 Å². The third-order valence-corrected chi connectivity index (χ3v) is 9.74. The second-order valence-electron chi connectivity index (χ2n) is 12.2. The van der Waals surface area contributed by atoms with E-state index in [1.165, 1.54) is 5.57 Å². The SMILES string of the molecule is CCC/C(=C\c1ccc(O)c2ccccc12)CC[C@@H](O)C1=C(CC)C[C@H]2C(=O)N(C3CCCCC3)C(=O)[C@H]2[C@H]1CO. The van der Waals surface area contributed by atoms with Gasteiger partial charge in [-0.15, -0.1) is 0 Å². The maximum atomic E-state index is 13.7. The van der Waals surface area contributed by atoms with Gasteiger partial charge in [-0.05, 0) is 67.5 Å². The van der Waals surface area contributed by atoms with Gasteiger partial charge in [0.2, 0.25) is 11.8 Å². The van der Waals surface area contributed by atoms with E-state index in [2.05, 4.69) is 13.0 Å². The molecule has 0 aromatic heterocycles. The number of rotatable bonds is 10. The Labute approximate surface area is 243 Å². The lowest BCUT2D eigenvalue weighted by molar-refractivity contribution is -0.143. The number of amides is 2. The molecule has 3 N–H and O–H groups in total. The summed E-state index contributed by atoms with van der Waals surface area (Å²) in [5.41, 5.74) is 4.06. The van der Waals surface area contributed by atoms with E-state index >= 15 is 0 Å². The minimum absolute atomic E-state index is 0.0233. The molecule has 6 nitrogen and oxygen atoms in total. The van der Waals surface area contributed by atoms with Gasteiger partial charge in [0.15, 0.2) is 0 Å². The van der Waals surface area contributed by atoms with Crippen LogP contribution in [-0.4, -0.2) is 50.8 Å². The molecular weight excluding hydrogens is 514 g/mol. The zero-order chi connectivity index (χ0) is 29.1. The number of hydrogen-bond donors (Lipinski definition) is 3. The molecule has 6 heteroatoms. The Morgan fingerprint density at radius 3 is 2.41 bits per heavy atom. The topological polar surface area (TPSA) is 98.1 Å². The molecular formula is C35H45NO5. The van der Waals surface area contributed by atoms with E-state index in [1.54, 1.807) is 11.0 Å². The lowest BCUT2D eigenvalue weighted by atomic mass is 9.67. The molecule has 2 aromatic carbocycles. The quantitative estimate of drug-likeness (QED) is 0.227. The highest BCUT2D eigenvalue weighted by Crippen LogP contribution is 2.48. The number of benzene rings is 2. The van der Waals surface area contributed by atoms with Gasteiger partial charge in [0.05, 0.1) is 24.5 Å². The van der Waals surface area contributed by atoms with Gasteiger partial charge in [0.1, 0.15) is 5.75 Å². The van der Waals surface area contributed by atoms with Crippen LogP contribution in [0.15, 0.2) is 53.1 Å². The van der Waals surface area contributed by atoms with Crippen molar-refractivity contribution in [2.45, 2.75) is 96.6 Å². The van der Waals surface area contributed by atoms with Crippen molar-refractivity contribution < 1.29 is 24.9 Å². The summed E-state index contributed by atoms with van der Waals surface area (Å²) < 4.78 is 0. The number of carbonyl (C=O) groups is 2. The van der Waals surface area contributed by atoms with Gasteiger partial charge in [-0.2, -0.15) is 0 Å². The van der Waals surface area contributed by atoms with Crippen molar-refractivity contribution in [3.05, 3.63) is 58.7 Å². The number of phenols is 1. The number of hydrogen-bond acceptors (Lipinski definition) is 5. The largest absolute Gasteiger partial charge is 0.507 e. The molecule has 0 radical (unpaired) electrons. The second-order valence-corrected chi connectivity index (χ2v) is 12.2. The van der Waals surface area contributed by atoms with Crippen molar-refractivity contribution in [2.24, 2.45) is 17.8 Å². The fraction of sp³-hybridized carbons (Fsp3) is 0.543. The van der Waals surface area contributed by atoms with Crippen LogP contribution in [0.1, 0.15) is 90.0 Å². The van der Waals surface area contributed by atoms with Crippen molar-refractivity contribution >= 4 is 28.7 Å². The maximum absolute atomic E-state index is 13.7. The zero-order valence-corrected chi connectivity index (χ0v) is 24.5. The Morgan fingerprint density at radius 2 is 1.73 bits per heavy atom. The first kappa shape index (κ1) is 29.5. The second kappa shape index (κ2) is 12.9. The first-order valence-electron chi connectivity index (χ1n) is 15.7. The minimum Gasteiger partial charge on any atom is -0.507 e. The van der Waals surface area contributed by atoms with Gasteiger partial charge >= 0.3 is 0 Å². The monoisotopic (exact) mass is 559 g/mol. The van der Waals surface area contributed by atoms with Crippen LogP contribution in [0, 0.1) is 17.8 Å². The Hall–Kier alpha value is -2.96. The number of carbonyl (C=O) groups excluding carboxylic acids is 2. The lowest BCUT2D eigenvalue weighted by Gasteiger charge is -2.36. The molecule has 1 aliphatic heterocycles. The molecule has 2 aromatic rings. The normalized spacial score (nSPS) is 24.8. The highest BCUT2D eigenvalue weighted by Gasteiger charge is 2.56. The molecule has 220 valence electrons. The summed E-state index contributed by atoms with van der Waals surface area (Å²) in [5, 5.41) is 34.3. The maximum Gasteiger partial charge on any atom is 0.234 e. The van der Waals surface area contributed by atoms with Gasteiger partial charge in [-0.1, -0.05) is 87.1 Å². The van der Waals surface area contributed by atoms with Crippen LogP contribution in [0.2, 0.25) is 0 Å². The highest BCUT2D eigenvalue weighted by atomic mass is 16.3. The average Bonchev–Trinajstić information content (AvgIpc) is 3.25. The fourth-order valence-corrected chi connectivity index (χ4v) is 7.74. The van der Waals surface area contributed by atoms with Gasteiger partial charge < -0.3 is 15.3 Å². The number of aliphatic hydroxyl groups is 2. The Bertz CT molecular complexity index is 1340. The number of phenolic OH excluding ortho intramolecular Hbond substituents is 1. The standard InChI is InChI=1S/C35H45NO5/c1-3-10-22(19-24-16-18-30(38)27-14-9-8-13-26(24)27)15-17-31(39)32-23(4-2)20-28-33(29(32)21-37)35(41)36(34(28)40)25-11-6-5-7-12-25/h8-9,13-14,16,18-19,25,28-29,31,33,37-39H,3-7,10-12,15,17,20-21H2,1-2H3/b22-19+/t28-,29+,31-,33-/m1/s1. The fourth-order valence-electron chi connectivity index (χ4n) is 7.74. The summed E-state index contributed by atoms with van der Waals surface area (Å²) in [5.74, 6) is -1.48. The summed E-state index contributed by atoms with van der Waals surface area (Å²) in [6.07, 6.45) is 10.6. The van der Waals surface area contributed by atoms with Gasteiger partial charge in [-0.25, -0.2) is 0 Å². The van der Waals surface area contributed by atoms with E-state index in [-0.39, 0.29) is 30.2 Å². The third-order valence-electron chi connectivity index (χ3n) is 9.74. The van der Waals surface area contributed by atoms with Crippen LogP contribution in [0.3, 0.4) is 0 Å². The van der Waals surface area contributed by atoms with Crippen LogP contribution in [0.4, 0.5) is 0 Å². The number of fused-ring (bicyclic) bond motifs is 2. The molecule has 41 heavy (non-hydrogen) atoms. The van der Waals surface area contributed by atoms with E-state index in [1.807, 2.05) is 37.3 Å². The first-order valence-corrected chi connectivity index (χ1v) is 15.7. The molecule has 1 heterocycles. The summed E-state index contributed by atoms with van der Waals surface area (Å²) in [6.45, 7) is 3.93. The molecule has 3 aliphatic rings. The molecule has 0 spiro atoms. The van der Waals surface area contributed by atoms with E-state index < -0.39 is 23.9 Å². The van der Waals surface area contributed by atoms with E-state index in [9.17, 15) is 24.9 Å². The number of aromatic hydroxyl groups is 1. The first-order chi connectivity index (χ1) is 19.9. The average molecular weight is 560 g/mol. The van der Waals surface area contributed by atoms with Crippen LogP contribution >= 0.6 is 0 Å². The molecule has 1 saturated carbocycles. The zero-order valence-electron chi connectivity index (χ0n) is 24.5. The molecule has 2 fully saturated rings. The summed E-state index contributed by atoms with van der Waals surface area (Å²) in [6, 6.07) is 11.5. The minimum atomic E-state index is -0.786. The lowest BCUT2D eigenvalue weighted by Crippen LogP contribution is -2.42. The van der Waals surface area contributed by atoms with E-state index in [0.29, 0.717) is 25.7 Å². The summed E-state index contributed by atoms with van der Waals surface area (Å²) in [7, 11) is 0. The predicted octanol–water partition coefficient (Wildman–Crippen LogP) is 6.52. The summed E-state index contributed by atoms with van der Waals surface area (Å²) >= 11 is 0. The highest BCUT2D eigenvalue weighted by molar-refractivity contribution is 6.06. The van der Waals surface area contributed by atoms with E-state index in [4.69, 9.17) is 0 Å². The molecule has 4 atom stereocenters. The van der Waals surface area contributed by atoms with Crippen molar-refractivity contribution in [2.75, 3.05) is 6.61 Å². The summed E-state index contributed by atoms with van der Waals surface area (Å²) in [4.78, 5) is 28.8. The van der Waals surface area contributed by atoms with Gasteiger partial charge in [-0.3, -0.25) is 14.5 Å². The molecule has 2 amide bonds. The van der Waals surface area contributed by atoms with Gasteiger partial charge in [0.25, 0.3) is 0 Å². The third kappa shape index (κ3) is 5.74. The number of aliphatic hydroxyl groups excluding tert-OH is 2. The van der Waals surface area contributed by atoms with Crippen molar-refractivity contribution in [1.82, 2.24) is 4.90 Å². The number of imide groups is 1. The molecule has 5 rings (SSSR count). The Morgan fingerprint density at radius 1 is 1.00 bits per heavy atom. The van der Waals surface area contributed by atoms with Crippen molar-refractivity contribution in [3.63, 3.8) is 0 Å². The smallest absolute Gasteiger partial charge is 0.234 e. The number of likely N-dealkylation sites (tertiary alicyclic amines) is 1. The predicted molar refractivity (Wildman–Crippen MR) is 162 cm³/mol. The van der Waals surface area contributed by atoms with Crippen molar-refractivity contribution in [1.29, 1.82) is 0 Å². The Balaban J connectivity index is 1.38. The molecule has 0 unspecified atom stereocenters. The van der Waals surface area contributed by atoms with Crippen LogP contribution in [0.25, 0.3) is 16.8 Å².